The van der Waals surface area contributed by atoms with Crippen LogP contribution in [0.1, 0.15) is 10.4 Å². The highest BCUT2D eigenvalue weighted by atomic mass is 32.2. The molecular weight excluding hydrogens is 372 g/mol. The topological polar surface area (TPSA) is 122 Å². The summed E-state index contributed by atoms with van der Waals surface area (Å²) in [4.78, 5) is 23.9. The standard InChI is InChI=1S/C17H20N4O5S/c1-20(2)14-5-3-13(4-6-14)17(22)18-11-12-19-27(25,26)16-9-7-15(8-10-16)21(23)24/h3-10,19H,11-12H2,1-2H3,(H,18,22). The third-order valence-electron chi connectivity index (χ3n) is 3.71. The highest BCUT2D eigenvalue weighted by molar-refractivity contribution is 7.89. The molecule has 9 nitrogen and oxygen atoms in total. The van der Waals surface area contributed by atoms with Crippen molar-refractivity contribution in [3.05, 3.63) is 64.2 Å². The van der Waals surface area contributed by atoms with E-state index in [2.05, 4.69) is 10.0 Å². The monoisotopic (exact) mass is 392 g/mol. The average Bonchev–Trinajstić information content (AvgIpc) is 2.65. The van der Waals surface area contributed by atoms with Crippen LogP contribution >= 0.6 is 0 Å². The molecule has 0 atom stereocenters. The number of anilines is 1. The summed E-state index contributed by atoms with van der Waals surface area (Å²) in [7, 11) is -0.0200. The van der Waals surface area contributed by atoms with Crippen molar-refractivity contribution in [3.63, 3.8) is 0 Å². The summed E-state index contributed by atoms with van der Waals surface area (Å²) in [5.74, 6) is -0.310. The molecule has 2 aromatic carbocycles. The van der Waals surface area contributed by atoms with E-state index >= 15 is 0 Å². The molecule has 0 spiro atoms. The van der Waals surface area contributed by atoms with Gasteiger partial charge in [-0.05, 0) is 36.4 Å². The van der Waals surface area contributed by atoms with Crippen molar-refractivity contribution in [2.75, 3.05) is 32.1 Å². The second-order valence-electron chi connectivity index (χ2n) is 5.85. The van der Waals surface area contributed by atoms with Gasteiger partial charge in [0.25, 0.3) is 11.6 Å². The number of nitro groups is 1. The van der Waals surface area contributed by atoms with Gasteiger partial charge in [-0.3, -0.25) is 14.9 Å². The van der Waals surface area contributed by atoms with E-state index in [0.717, 1.165) is 30.0 Å². The predicted molar refractivity (Wildman–Crippen MR) is 101 cm³/mol. The van der Waals surface area contributed by atoms with Crippen molar-refractivity contribution in [3.8, 4) is 0 Å². The number of carbonyl (C=O) groups is 1. The molecule has 2 N–H and O–H groups in total. The van der Waals surface area contributed by atoms with Crippen LogP contribution in [0.5, 0.6) is 0 Å². The summed E-state index contributed by atoms with van der Waals surface area (Å²) in [6.45, 7) is 0.0846. The van der Waals surface area contributed by atoms with Crippen LogP contribution in [0.25, 0.3) is 0 Å². The molecule has 0 bridgehead atoms. The molecule has 1 amide bonds. The van der Waals surface area contributed by atoms with E-state index in [9.17, 15) is 23.3 Å². The molecule has 0 aromatic heterocycles. The molecule has 0 unspecified atom stereocenters. The second kappa shape index (κ2) is 8.60. The van der Waals surface area contributed by atoms with Gasteiger partial charge >= 0.3 is 0 Å². The minimum Gasteiger partial charge on any atom is -0.378 e. The number of rotatable bonds is 8. The molecule has 2 rings (SSSR count). The molecule has 2 aromatic rings. The lowest BCUT2D eigenvalue weighted by atomic mass is 10.2. The number of amides is 1. The van der Waals surface area contributed by atoms with Crippen molar-refractivity contribution in [1.82, 2.24) is 10.0 Å². The first kappa shape index (κ1) is 20.3. The molecule has 0 aliphatic carbocycles. The molecule has 0 heterocycles. The van der Waals surface area contributed by atoms with Gasteiger partial charge in [0.2, 0.25) is 10.0 Å². The number of nitrogens with zero attached hydrogens (tertiary/aromatic N) is 2. The molecule has 0 saturated heterocycles. The molecule has 0 saturated carbocycles. The minimum absolute atomic E-state index is 0.0131. The van der Waals surface area contributed by atoms with Gasteiger partial charge in [-0.25, -0.2) is 13.1 Å². The van der Waals surface area contributed by atoms with Gasteiger partial charge in [0.15, 0.2) is 0 Å². The maximum Gasteiger partial charge on any atom is 0.269 e. The number of hydrogen-bond acceptors (Lipinski definition) is 6. The summed E-state index contributed by atoms with van der Waals surface area (Å²) in [5.41, 5.74) is 1.24. The SMILES string of the molecule is CN(C)c1ccc(C(=O)NCCNS(=O)(=O)c2ccc([N+](=O)[O-])cc2)cc1. The fourth-order valence-electron chi connectivity index (χ4n) is 2.20. The average molecular weight is 392 g/mol. The van der Waals surface area contributed by atoms with E-state index in [0.29, 0.717) is 5.56 Å². The normalized spacial score (nSPS) is 11.0. The Morgan fingerprint density at radius 3 is 2.15 bits per heavy atom. The Morgan fingerprint density at radius 1 is 1.04 bits per heavy atom. The van der Waals surface area contributed by atoms with Gasteiger partial charge in [0.05, 0.1) is 9.82 Å². The van der Waals surface area contributed by atoms with Crippen LogP contribution < -0.4 is 14.9 Å². The van der Waals surface area contributed by atoms with Crippen molar-refractivity contribution in [2.45, 2.75) is 4.90 Å². The molecule has 0 aliphatic rings. The molecule has 0 radical (unpaired) electrons. The lowest BCUT2D eigenvalue weighted by Gasteiger charge is -2.12. The smallest absolute Gasteiger partial charge is 0.269 e. The summed E-state index contributed by atoms with van der Waals surface area (Å²) < 4.78 is 26.6. The number of hydrogen-bond donors (Lipinski definition) is 2. The third-order valence-corrected chi connectivity index (χ3v) is 5.18. The lowest BCUT2D eigenvalue weighted by molar-refractivity contribution is -0.384. The van der Waals surface area contributed by atoms with E-state index in [1.54, 1.807) is 12.1 Å². The fourth-order valence-corrected chi connectivity index (χ4v) is 3.24. The van der Waals surface area contributed by atoms with Crippen LogP contribution in [-0.4, -0.2) is 46.4 Å². The zero-order valence-corrected chi connectivity index (χ0v) is 15.7. The first-order chi connectivity index (χ1) is 12.7. The van der Waals surface area contributed by atoms with Gasteiger partial charge in [0, 0.05) is 50.6 Å². The Kier molecular flexibility index (Phi) is 6.48. The Labute approximate surface area is 157 Å². The summed E-state index contributed by atoms with van der Waals surface area (Å²) >= 11 is 0. The molecule has 144 valence electrons. The molecule has 27 heavy (non-hydrogen) atoms. The number of nitrogens with one attached hydrogen (secondary N) is 2. The van der Waals surface area contributed by atoms with E-state index in [1.807, 2.05) is 31.1 Å². The Morgan fingerprint density at radius 2 is 1.63 bits per heavy atom. The number of carbonyl (C=O) groups excluding carboxylic acids is 1. The quantitative estimate of drug-likeness (QED) is 0.397. The maximum absolute atomic E-state index is 12.1. The summed E-state index contributed by atoms with van der Waals surface area (Å²) in [6.07, 6.45) is 0. The highest BCUT2D eigenvalue weighted by Gasteiger charge is 2.15. The fraction of sp³-hybridized carbons (Fsp3) is 0.235. The van der Waals surface area contributed by atoms with Crippen LogP contribution in [0, 0.1) is 10.1 Å². The van der Waals surface area contributed by atoms with Crippen LogP contribution in [0.3, 0.4) is 0 Å². The first-order valence-corrected chi connectivity index (χ1v) is 9.49. The second-order valence-corrected chi connectivity index (χ2v) is 7.61. The largest absolute Gasteiger partial charge is 0.378 e. The lowest BCUT2D eigenvalue weighted by Crippen LogP contribution is -2.34. The van der Waals surface area contributed by atoms with Crippen molar-refractivity contribution >= 4 is 27.3 Å². The number of non-ortho nitro benzene ring substituents is 1. The predicted octanol–water partition coefficient (Wildman–Crippen LogP) is 1.37. The Hall–Kier alpha value is -2.98. The van der Waals surface area contributed by atoms with Crippen LogP contribution in [-0.2, 0) is 10.0 Å². The summed E-state index contributed by atoms with van der Waals surface area (Å²) in [5, 5.41) is 13.2. The number of benzene rings is 2. The molecule has 10 heteroatoms. The van der Waals surface area contributed by atoms with Crippen molar-refractivity contribution < 1.29 is 18.1 Å². The molecule has 0 fully saturated rings. The van der Waals surface area contributed by atoms with E-state index < -0.39 is 14.9 Å². The summed E-state index contributed by atoms with van der Waals surface area (Å²) in [6, 6.07) is 11.5. The first-order valence-electron chi connectivity index (χ1n) is 8.00. The third kappa shape index (κ3) is 5.50. The van der Waals surface area contributed by atoms with Crippen LogP contribution in [0.4, 0.5) is 11.4 Å². The van der Waals surface area contributed by atoms with Gasteiger partial charge < -0.3 is 10.2 Å². The van der Waals surface area contributed by atoms with Gasteiger partial charge in [-0.15, -0.1) is 0 Å². The Balaban J connectivity index is 1.86. The van der Waals surface area contributed by atoms with E-state index in [4.69, 9.17) is 0 Å². The molecule has 0 aliphatic heterocycles. The number of nitro benzene ring substituents is 1. The van der Waals surface area contributed by atoms with Crippen LogP contribution in [0.15, 0.2) is 53.4 Å². The molecular formula is C17H20N4O5S. The zero-order valence-electron chi connectivity index (χ0n) is 14.9. The van der Waals surface area contributed by atoms with Gasteiger partial charge in [0.1, 0.15) is 0 Å². The van der Waals surface area contributed by atoms with Gasteiger partial charge in [-0.1, -0.05) is 0 Å². The van der Waals surface area contributed by atoms with E-state index in [-0.39, 0.29) is 29.6 Å². The maximum atomic E-state index is 12.1. The minimum atomic E-state index is -3.81. The Bertz CT molecular complexity index is 909. The highest BCUT2D eigenvalue weighted by Crippen LogP contribution is 2.15. The zero-order chi connectivity index (χ0) is 20.0. The van der Waals surface area contributed by atoms with Crippen molar-refractivity contribution in [1.29, 1.82) is 0 Å². The number of sulfonamides is 1. The van der Waals surface area contributed by atoms with Gasteiger partial charge in [-0.2, -0.15) is 0 Å². The van der Waals surface area contributed by atoms with Crippen LogP contribution in [0.2, 0.25) is 0 Å². The van der Waals surface area contributed by atoms with E-state index in [1.165, 1.54) is 0 Å². The van der Waals surface area contributed by atoms with Crippen molar-refractivity contribution in [2.24, 2.45) is 0 Å².